The molecular weight excluding hydrogens is 581 g/mol. The van der Waals surface area contributed by atoms with Crippen LogP contribution in [-0.4, -0.2) is 77.5 Å². The van der Waals surface area contributed by atoms with E-state index in [2.05, 4.69) is 10.6 Å². The van der Waals surface area contributed by atoms with Gasteiger partial charge in [-0.2, -0.15) is 13.2 Å². The predicted molar refractivity (Wildman–Crippen MR) is 154 cm³/mol. The molecule has 242 valence electrons. The molecular formula is C31H41F3N4O6. The molecule has 0 saturated carbocycles. The summed E-state index contributed by atoms with van der Waals surface area (Å²) in [5.41, 5.74) is -1.04. The van der Waals surface area contributed by atoms with Gasteiger partial charge in [-0.25, -0.2) is 0 Å². The molecule has 1 aromatic rings. The van der Waals surface area contributed by atoms with Crippen molar-refractivity contribution in [2.24, 2.45) is 23.2 Å². The van der Waals surface area contributed by atoms with E-state index < -0.39 is 64.9 Å². The smallest absolute Gasteiger partial charge is 0.356 e. The summed E-state index contributed by atoms with van der Waals surface area (Å²) in [6.07, 6.45) is -4.13. The first-order chi connectivity index (χ1) is 20.4. The number of piperidine rings is 1. The zero-order valence-electron chi connectivity index (χ0n) is 25.6. The Labute approximate surface area is 254 Å². The fraction of sp³-hybridized carbons (Fsp3) is 0.613. The number of ketones is 2. The van der Waals surface area contributed by atoms with Crippen LogP contribution in [0.1, 0.15) is 70.7 Å². The maximum atomic E-state index is 13.8. The lowest BCUT2D eigenvalue weighted by atomic mass is 9.85. The van der Waals surface area contributed by atoms with Gasteiger partial charge in [-0.1, -0.05) is 65.0 Å². The minimum absolute atomic E-state index is 0.0102. The van der Waals surface area contributed by atoms with Crippen molar-refractivity contribution in [3.05, 3.63) is 35.9 Å². The van der Waals surface area contributed by atoms with Crippen LogP contribution in [0.2, 0.25) is 0 Å². The fourth-order valence-corrected chi connectivity index (χ4v) is 5.61. The van der Waals surface area contributed by atoms with Gasteiger partial charge in [-0.3, -0.25) is 28.8 Å². The van der Waals surface area contributed by atoms with Crippen LogP contribution in [-0.2, 0) is 24.0 Å². The number of benzene rings is 1. The van der Waals surface area contributed by atoms with Gasteiger partial charge in [0.1, 0.15) is 12.1 Å². The lowest BCUT2D eigenvalue weighted by molar-refractivity contribution is -0.176. The van der Waals surface area contributed by atoms with E-state index in [4.69, 9.17) is 0 Å². The number of rotatable bonds is 10. The van der Waals surface area contributed by atoms with Gasteiger partial charge in [-0.05, 0) is 42.9 Å². The van der Waals surface area contributed by atoms with Crippen molar-refractivity contribution in [2.75, 3.05) is 13.1 Å². The van der Waals surface area contributed by atoms with Gasteiger partial charge in [0.25, 0.3) is 0 Å². The summed E-state index contributed by atoms with van der Waals surface area (Å²) in [4.78, 5) is 79.8. The number of Topliss-reactive ketones (excluding diaryl/α,β-unsaturated/α-hetero) is 2. The van der Waals surface area contributed by atoms with Crippen molar-refractivity contribution in [2.45, 2.75) is 84.6 Å². The molecule has 3 rings (SSSR count). The zero-order chi connectivity index (χ0) is 33.0. The third-order valence-corrected chi connectivity index (χ3v) is 8.32. The van der Waals surface area contributed by atoms with Crippen LogP contribution in [0.25, 0.3) is 0 Å². The molecule has 4 amide bonds. The number of alkyl halides is 3. The first-order valence-electron chi connectivity index (χ1n) is 14.8. The number of hydrogen-bond donors (Lipinski definition) is 3. The Balaban J connectivity index is 1.92. The Morgan fingerprint density at radius 3 is 2.20 bits per heavy atom. The number of halogens is 3. The molecule has 0 spiro atoms. The number of hydrogen-bond acceptors (Lipinski definition) is 6. The topological polar surface area (TPSA) is 142 Å². The summed E-state index contributed by atoms with van der Waals surface area (Å²) in [5, 5.41) is 7.14. The minimum Gasteiger partial charge on any atom is -0.356 e. The van der Waals surface area contributed by atoms with Gasteiger partial charge >= 0.3 is 12.1 Å². The van der Waals surface area contributed by atoms with E-state index in [9.17, 15) is 41.9 Å². The number of amides is 4. The first kappa shape index (κ1) is 34.7. The molecule has 5 atom stereocenters. The first-order valence-corrected chi connectivity index (χ1v) is 14.8. The van der Waals surface area contributed by atoms with Crippen LogP contribution < -0.4 is 16.0 Å². The average molecular weight is 623 g/mol. The van der Waals surface area contributed by atoms with E-state index in [0.717, 1.165) is 4.90 Å². The van der Waals surface area contributed by atoms with Crippen molar-refractivity contribution in [3.63, 3.8) is 0 Å². The van der Waals surface area contributed by atoms with E-state index in [1.807, 2.05) is 13.8 Å². The van der Waals surface area contributed by atoms with Crippen LogP contribution in [0.4, 0.5) is 13.2 Å². The van der Waals surface area contributed by atoms with Gasteiger partial charge in [0.2, 0.25) is 29.3 Å². The quantitative estimate of drug-likeness (QED) is 0.271. The second kappa shape index (κ2) is 13.9. The Hall–Kier alpha value is -3.77. The fourth-order valence-electron chi connectivity index (χ4n) is 5.61. The third-order valence-electron chi connectivity index (χ3n) is 8.32. The second-order valence-electron chi connectivity index (χ2n) is 13.0. The highest BCUT2D eigenvalue weighted by Gasteiger charge is 2.49. The Morgan fingerprint density at radius 1 is 1.02 bits per heavy atom. The molecule has 10 nitrogen and oxygen atoms in total. The Bertz CT molecular complexity index is 1260. The normalized spacial score (nSPS) is 22.2. The van der Waals surface area contributed by atoms with E-state index in [0.29, 0.717) is 19.4 Å². The summed E-state index contributed by atoms with van der Waals surface area (Å²) >= 11 is 0. The van der Waals surface area contributed by atoms with Crippen molar-refractivity contribution in [1.29, 1.82) is 0 Å². The molecule has 2 fully saturated rings. The predicted octanol–water partition coefficient (Wildman–Crippen LogP) is 2.81. The molecule has 0 radical (unpaired) electrons. The standard InChI is InChI=1S/C31H41F3N4O6/c1-17(2)20-15-22(38(16-20)28(43)25(30(3,4)5)37-29(44)31(32,33)34)27(42)36-21(14-19-12-9-13-35-26(19)41)24(40)23(39)18-10-7-6-8-11-18/h6-8,10-11,17,19-22,25H,9,12-16H2,1-5H3,(H,35,41)(H,36,42)(H,37,44)/t19?,20-,21?,22+,25-/m1/s1. The summed E-state index contributed by atoms with van der Waals surface area (Å²) in [6.45, 7) is 8.76. The third kappa shape index (κ3) is 8.44. The zero-order valence-corrected chi connectivity index (χ0v) is 25.6. The van der Waals surface area contributed by atoms with Crippen LogP contribution in [0.3, 0.4) is 0 Å². The van der Waals surface area contributed by atoms with Crippen LogP contribution in [0.5, 0.6) is 0 Å². The summed E-state index contributed by atoms with van der Waals surface area (Å²) in [5.74, 6) is -6.86. The van der Waals surface area contributed by atoms with Crippen molar-refractivity contribution < 1.29 is 41.9 Å². The largest absolute Gasteiger partial charge is 0.471 e. The van der Waals surface area contributed by atoms with Crippen molar-refractivity contribution in [1.82, 2.24) is 20.9 Å². The number of carbonyl (C=O) groups is 6. The lowest BCUT2D eigenvalue weighted by Crippen LogP contribution is -2.60. The molecule has 2 aliphatic rings. The van der Waals surface area contributed by atoms with E-state index in [1.165, 1.54) is 32.9 Å². The number of carbonyl (C=O) groups excluding carboxylic acids is 6. The second-order valence-corrected chi connectivity index (χ2v) is 13.0. The summed E-state index contributed by atoms with van der Waals surface area (Å²) < 4.78 is 39.4. The molecule has 0 bridgehead atoms. The highest BCUT2D eigenvalue weighted by Crippen LogP contribution is 2.33. The maximum Gasteiger partial charge on any atom is 0.471 e. The van der Waals surface area contributed by atoms with Crippen LogP contribution in [0, 0.1) is 23.2 Å². The van der Waals surface area contributed by atoms with Crippen molar-refractivity contribution >= 4 is 35.2 Å². The molecule has 44 heavy (non-hydrogen) atoms. The lowest BCUT2D eigenvalue weighted by Gasteiger charge is -2.36. The van der Waals surface area contributed by atoms with E-state index >= 15 is 0 Å². The number of nitrogens with one attached hydrogen (secondary N) is 3. The molecule has 13 heteroatoms. The molecule has 1 aromatic carbocycles. The summed E-state index contributed by atoms with van der Waals surface area (Å²) in [6, 6.07) is 3.57. The van der Waals surface area contributed by atoms with Crippen LogP contribution in [0.15, 0.2) is 30.3 Å². The van der Waals surface area contributed by atoms with Gasteiger partial charge < -0.3 is 20.9 Å². The molecule has 0 aliphatic carbocycles. The molecule has 2 saturated heterocycles. The molecule has 2 heterocycles. The van der Waals surface area contributed by atoms with Crippen LogP contribution >= 0.6 is 0 Å². The maximum absolute atomic E-state index is 13.8. The van der Waals surface area contributed by atoms with Crippen molar-refractivity contribution in [3.8, 4) is 0 Å². The molecule has 3 N–H and O–H groups in total. The highest BCUT2D eigenvalue weighted by molar-refractivity contribution is 6.45. The van der Waals surface area contributed by atoms with Gasteiger partial charge in [0, 0.05) is 24.6 Å². The monoisotopic (exact) mass is 622 g/mol. The van der Waals surface area contributed by atoms with Gasteiger partial charge in [0.05, 0.1) is 6.04 Å². The Kier molecular flexibility index (Phi) is 11.0. The molecule has 2 unspecified atom stereocenters. The van der Waals surface area contributed by atoms with E-state index in [-0.39, 0.29) is 42.7 Å². The SMILES string of the molecule is CC(C)[C@@H]1C[C@@H](C(=O)NC(CC2CCCNC2=O)C(=O)C(=O)c2ccccc2)N(C(=O)[C@@H](NC(=O)C(F)(F)F)C(C)(C)C)C1. The highest BCUT2D eigenvalue weighted by atomic mass is 19.4. The summed E-state index contributed by atoms with van der Waals surface area (Å²) in [7, 11) is 0. The van der Waals surface area contributed by atoms with E-state index in [1.54, 1.807) is 23.5 Å². The average Bonchev–Trinajstić information content (AvgIpc) is 3.41. The molecule has 0 aromatic heterocycles. The number of likely N-dealkylation sites (tertiary alicyclic amines) is 1. The number of nitrogens with zero attached hydrogens (tertiary/aromatic N) is 1. The molecule has 2 aliphatic heterocycles. The van der Waals surface area contributed by atoms with Gasteiger partial charge in [-0.15, -0.1) is 0 Å². The Morgan fingerprint density at radius 2 is 1.66 bits per heavy atom. The van der Waals surface area contributed by atoms with Gasteiger partial charge in [0.15, 0.2) is 0 Å². The minimum atomic E-state index is -5.23.